The van der Waals surface area contributed by atoms with Crippen molar-refractivity contribution >= 4 is 17.6 Å². The minimum Gasteiger partial charge on any atom is -0.493 e. The molecule has 10 nitrogen and oxygen atoms in total. The zero-order valence-corrected chi connectivity index (χ0v) is 18.2. The molecule has 0 heterocycles. The van der Waals surface area contributed by atoms with E-state index in [1.54, 1.807) is 12.1 Å². The van der Waals surface area contributed by atoms with Crippen molar-refractivity contribution in [2.45, 2.75) is 0 Å². The van der Waals surface area contributed by atoms with Gasteiger partial charge < -0.3 is 38.5 Å². The molecule has 2 aromatic rings. The summed E-state index contributed by atoms with van der Waals surface area (Å²) in [6, 6.07) is 6.10. The summed E-state index contributed by atoms with van der Waals surface area (Å²) >= 11 is 0. The molecule has 2 rings (SSSR count). The monoisotopic (exact) mass is 435 g/mol. The molecule has 0 aliphatic carbocycles. The van der Waals surface area contributed by atoms with E-state index < -0.39 is 18.5 Å². The van der Waals surface area contributed by atoms with Gasteiger partial charge in [-0.2, -0.15) is 0 Å². The summed E-state index contributed by atoms with van der Waals surface area (Å²) in [4.78, 5) is 24.8. The van der Waals surface area contributed by atoms with Gasteiger partial charge in [-0.25, -0.2) is 4.79 Å². The number of amides is 1. The SMILES string of the molecule is COc1cc(NC(=O)COC(=O)c2ccc(OC)c(OC)c2OC)cc(OC)c1OC. The number of esters is 1. The van der Waals surface area contributed by atoms with Gasteiger partial charge in [0.25, 0.3) is 5.91 Å². The first-order chi connectivity index (χ1) is 14.9. The molecule has 0 radical (unpaired) electrons. The molecule has 0 atom stereocenters. The molecule has 0 spiro atoms. The molecule has 0 aliphatic heterocycles. The van der Waals surface area contributed by atoms with Crippen LogP contribution in [0.3, 0.4) is 0 Å². The summed E-state index contributed by atoms with van der Waals surface area (Å²) in [6.45, 7) is -0.535. The van der Waals surface area contributed by atoms with Gasteiger partial charge >= 0.3 is 5.97 Å². The van der Waals surface area contributed by atoms with Crippen LogP contribution in [-0.4, -0.2) is 61.1 Å². The lowest BCUT2D eigenvalue weighted by Gasteiger charge is -2.16. The molecule has 168 valence electrons. The molecule has 10 heteroatoms. The summed E-state index contributed by atoms with van der Waals surface area (Å²) < 4.78 is 36.5. The van der Waals surface area contributed by atoms with Gasteiger partial charge in [0, 0.05) is 17.8 Å². The molecule has 0 bridgehead atoms. The summed E-state index contributed by atoms with van der Waals surface area (Å²) in [5.41, 5.74) is 0.458. The zero-order valence-electron chi connectivity index (χ0n) is 18.2. The lowest BCUT2D eigenvalue weighted by Crippen LogP contribution is -2.21. The van der Waals surface area contributed by atoms with Gasteiger partial charge in [-0.3, -0.25) is 4.79 Å². The third-order valence-electron chi connectivity index (χ3n) is 4.21. The van der Waals surface area contributed by atoms with Crippen LogP contribution in [0.4, 0.5) is 5.69 Å². The van der Waals surface area contributed by atoms with Crippen LogP contribution < -0.4 is 33.7 Å². The number of hydrogen-bond donors (Lipinski definition) is 1. The van der Waals surface area contributed by atoms with Gasteiger partial charge in [-0.1, -0.05) is 0 Å². The number of methoxy groups -OCH3 is 6. The van der Waals surface area contributed by atoms with Gasteiger partial charge in [-0.15, -0.1) is 0 Å². The summed E-state index contributed by atoms with van der Waals surface area (Å²) in [6.07, 6.45) is 0. The highest BCUT2D eigenvalue weighted by Gasteiger charge is 2.22. The number of anilines is 1. The maximum Gasteiger partial charge on any atom is 0.342 e. The molecule has 0 aliphatic rings. The third-order valence-corrected chi connectivity index (χ3v) is 4.21. The first-order valence-corrected chi connectivity index (χ1v) is 8.99. The van der Waals surface area contributed by atoms with E-state index in [2.05, 4.69) is 5.32 Å². The van der Waals surface area contributed by atoms with Gasteiger partial charge in [0.15, 0.2) is 29.6 Å². The Hall–Kier alpha value is -3.82. The first kappa shape index (κ1) is 23.5. The Kier molecular flexibility index (Phi) is 8.18. The number of ether oxygens (including phenoxy) is 7. The Morgan fingerprint density at radius 3 is 1.74 bits per heavy atom. The molecule has 0 fully saturated rings. The van der Waals surface area contributed by atoms with Crippen LogP contribution >= 0.6 is 0 Å². The van der Waals surface area contributed by atoms with E-state index >= 15 is 0 Å². The maximum atomic E-state index is 12.5. The van der Waals surface area contributed by atoms with Gasteiger partial charge in [0.05, 0.1) is 42.7 Å². The average Bonchev–Trinajstić information content (AvgIpc) is 2.80. The smallest absolute Gasteiger partial charge is 0.342 e. The van der Waals surface area contributed by atoms with Crippen LogP contribution in [0.15, 0.2) is 24.3 Å². The Morgan fingerprint density at radius 2 is 1.26 bits per heavy atom. The number of carbonyl (C=O) groups excluding carboxylic acids is 2. The van der Waals surface area contributed by atoms with Crippen LogP contribution in [0.1, 0.15) is 10.4 Å². The van der Waals surface area contributed by atoms with Crippen molar-refractivity contribution in [3.63, 3.8) is 0 Å². The Labute approximate surface area is 179 Å². The lowest BCUT2D eigenvalue weighted by atomic mass is 10.1. The molecule has 0 aromatic heterocycles. The van der Waals surface area contributed by atoms with Gasteiger partial charge in [0.2, 0.25) is 11.5 Å². The van der Waals surface area contributed by atoms with E-state index in [-0.39, 0.29) is 17.1 Å². The molecular formula is C21H25NO9. The first-order valence-electron chi connectivity index (χ1n) is 8.99. The van der Waals surface area contributed by atoms with E-state index in [1.807, 2.05) is 0 Å². The number of benzene rings is 2. The quantitative estimate of drug-likeness (QED) is 0.563. The van der Waals surface area contributed by atoms with Crippen molar-refractivity contribution in [2.24, 2.45) is 0 Å². The number of carbonyl (C=O) groups is 2. The highest BCUT2D eigenvalue weighted by atomic mass is 16.5. The maximum absolute atomic E-state index is 12.5. The van der Waals surface area contributed by atoms with Crippen LogP contribution in [0.25, 0.3) is 0 Å². The molecule has 1 N–H and O–H groups in total. The highest BCUT2D eigenvalue weighted by molar-refractivity contribution is 5.98. The Morgan fingerprint density at radius 1 is 0.710 bits per heavy atom. The predicted molar refractivity (Wildman–Crippen MR) is 111 cm³/mol. The Bertz CT molecular complexity index is 918. The van der Waals surface area contributed by atoms with Crippen molar-refractivity contribution in [3.05, 3.63) is 29.8 Å². The molecule has 0 unspecified atom stereocenters. The van der Waals surface area contributed by atoms with Gasteiger partial charge in [-0.05, 0) is 12.1 Å². The van der Waals surface area contributed by atoms with Gasteiger partial charge in [0.1, 0.15) is 5.56 Å². The lowest BCUT2D eigenvalue weighted by molar-refractivity contribution is -0.119. The van der Waals surface area contributed by atoms with Crippen molar-refractivity contribution < 1.29 is 42.7 Å². The van der Waals surface area contributed by atoms with E-state index in [9.17, 15) is 9.59 Å². The van der Waals surface area contributed by atoms with E-state index in [4.69, 9.17) is 33.2 Å². The zero-order chi connectivity index (χ0) is 23.0. The summed E-state index contributed by atoms with van der Waals surface area (Å²) in [5, 5.41) is 2.61. The van der Waals surface area contributed by atoms with Crippen LogP contribution in [0.5, 0.6) is 34.5 Å². The molecule has 2 aromatic carbocycles. The minimum atomic E-state index is -0.766. The van der Waals surface area contributed by atoms with Crippen LogP contribution in [-0.2, 0) is 9.53 Å². The second-order valence-electron chi connectivity index (χ2n) is 5.92. The summed E-state index contributed by atoms with van der Waals surface area (Å²) in [5.74, 6) is 0.539. The second kappa shape index (κ2) is 10.8. The molecule has 0 saturated heterocycles. The van der Waals surface area contributed by atoms with E-state index in [0.29, 0.717) is 28.7 Å². The van der Waals surface area contributed by atoms with E-state index in [1.165, 1.54) is 54.8 Å². The van der Waals surface area contributed by atoms with Crippen LogP contribution in [0.2, 0.25) is 0 Å². The topological polar surface area (TPSA) is 111 Å². The van der Waals surface area contributed by atoms with Crippen molar-refractivity contribution in [1.82, 2.24) is 0 Å². The standard InChI is InChI=1S/C21H25NO9/c1-25-14-8-7-13(18(28-4)20(14)30-6)21(24)31-11-17(23)22-12-9-15(26-2)19(29-5)16(10-12)27-3/h7-10H,11H2,1-6H3,(H,22,23). The predicted octanol–water partition coefficient (Wildman–Crippen LogP) is 2.53. The summed E-state index contributed by atoms with van der Waals surface area (Å²) in [7, 11) is 8.65. The second-order valence-corrected chi connectivity index (χ2v) is 5.92. The number of rotatable bonds is 10. The van der Waals surface area contributed by atoms with Crippen molar-refractivity contribution in [1.29, 1.82) is 0 Å². The van der Waals surface area contributed by atoms with Crippen molar-refractivity contribution in [3.8, 4) is 34.5 Å². The number of hydrogen-bond acceptors (Lipinski definition) is 9. The Balaban J connectivity index is 2.13. The molecular weight excluding hydrogens is 410 g/mol. The fourth-order valence-electron chi connectivity index (χ4n) is 2.82. The molecule has 0 saturated carbocycles. The minimum absolute atomic E-state index is 0.0840. The van der Waals surface area contributed by atoms with Crippen LogP contribution in [0, 0.1) is 0 Å². The van der Waals surface area contributed by atoms with Crippen molar-refractivity contribution in [2.75, 3.05) is 54.6 Å². The molecule has 1 amide bonds. The highest BCUT2D eigenvalue weighted by Crippen LogP contribution is 2.41. The average molecular weight is 435 g/mol. The normalized spacial score (nSPS) is 10.0. The molecule has 31 heavy (non-hydrogen) atoms. The third kappa shape index (κ3) is 5.21. The fraction of sp³-hybridized carbons (Fsp3) is 0.333. The largest absolute Gasteiger partial charge is 0.493 e. The fourth-order valence-corrected chi connectivity index (χ4v) is 2.82. The van der Waals surface area contributed by atoms with E-state index in [0.717, 1.165) is 0 Å². The number of nitrogens with one attached hydrogen (secondary N) is 1.